The fraction of sp³-hybridized carbons (Fsp3) is 0.952. The number of aliphatic hydroxyl groups is 4. The molecule has 0 aliphatic carbocycles. The molecule has 76 heavy (non-hydrogen) atoms. The Hall–Kier alpha value is -1.16. The van der Waals surface area contributed by atoms with Crippen LogP contribution in [0.4, 0.5) is 0 Å². The minimum absolute atomic E-state index is 0.223. The first kappa shape index (κ1) is 72.9. The van der Waals surface area contributed by atoms with Gasteiger partial charge in [0.15, 0.2) is 6.29 Å². The van der Waals surface area contributed by atoms with Crippen LogP contribution in [0.1, 0.15) is 328 Å². The van der Waals surface area contributed by atoms with Crippen LogP contribution in [0.5, 0.6) is 0 Å². The van der Waals surface area contributed by atoms with E-state index in [1.54, 1.807) is 0 Å². The lowest BCUT2D eigenvalue weighted by molar-refractivity contribution is -0.298. The van der Waals surface area contributed by atoms with Gasteiger partial charge in [0, 0.05) is 6.42 Å². The molecule has 7 atom stereocenters. The number of unbranched alkanes of at least 4 members (excludes halogenated alkanes) is 44. The molecule has 0 spiro atoms. The van der Waals surface area contributed by atoms with Gasteiger partial charge in [0.2, 0.25) is 5.91 Å². The van der Waals surface area contributed by atoms with Crippen LogP contribution >= 0.6 is 0 Å². The first-order valence-corrected chi connectivity index (χ1v) is 33.9. The Morgan fingerprint density at radius 3 is 1.18 bits per heavy atom. The van der Waals surface area contributed by atoms with Crippen LogP contribution in [0, 0.1) is 0 Å². The maximum absolute atomic E-state index is 13.2. The van der Waals surface area contributed by atoms with Crippen molar-refractivity contribution in [2.45, 2.75) is 371 Å². The molecule has 1 fully saturated rings. The molecule has 6 N–H and O–H groups in total. The molecule has 7 unspecified atom stereocenters. The Labute approximate surface area is 468 Å². The SMILES string of the molecule is CCCCCCCCCCCCCC/C=C\CCCCCCCCCCCCCCCCCC(=O)NC(COC1OC(CO)C(O)C(OS(=O)(=O)O)C1O)C(O)CCCCCCCCCCCCCCCCCCCC. The molecule has 1 aliphatic rings. The van der Waals surface area contributed by atoms with Gasteiger partial charge in [-0.15, -0.1) is 0 Å². The number of rotatable bonds is 58. The Morgan fingerprint density at radius 1 is 0.513 bits per heavy atom. The van der Waals surface area contributed by atoms with Crippen LogP contribution in [0.25, 0.3) is 0 Å². The van der Waals surface area contributed by atoms with Crippen molar-refractivity contribution in [1.29, 1.82) is 0 Å². The van der Waals surface area contributed by atoms with E-state index in [4.69, 9.17) is 9.47 Å². The summed E-state index contributed by atoms with van der Waals surface area (Å²) < 4.78 is 48.0. The Bertz CT molecular complexity index is 1390. The summed E-state index contributed by atoms with van der Waals surface area (Å²) in [5, 5.41) is 45.2. The molecular weight excluding hydrogens is 979 g/mol. The van der Waals surface area contributed by atoms with E-state index < -0.39 is 59.9 Å². The van der Waals surface area contributed by atoms with Crippen molar-refractivity contribution in [3.05, 3.63) is 12.2 Å². The van der Waals surface area contributed by atoms with E-state index in [0.717, 1.165) is 51.4 Å². The second-order valence-corrected chi connectivity index (χ2v) is 24.1. The molecule has 0 aromatic carbocycles. The summed E-state index contributed by atoms with van der Waals surface area (Å²) in [6.07, 6.45) is 56.7. The van der Waals surface area contributed by atoms with E-state index in [1.807, 2.05) is 0 Å². The largest absolute Gasteiger partial charge is 0.397 e. The number of ether oxygens (including phenoxy) is 2. The van der Waals surface area contributed by atoms with Gasteiger partial charge >= 0.3 is 10.4 Å². The van der Waals surface area contributed by atoms with Gasteiger partial charge in [-0.25, -0.2) is 4.18 Å². The Balaban J connectivity index is 2.24. The number of carbonyl (C=O) groups excluding carboxylic acids is 1. The monoisotopic (exact) mass is 1100 g/mol. The lowest BCUT2D eigenvalue weighted by Gasteiger charge is -2.41. The highest BCUT2D eigenvalue weighted by Gasteiger charge is 2.48. The third-order valence-electron chi connectivity index (χ3n) is 15.8. The molecular formula is C63H123NO11S. The zero-order valence-corrected chi connectivity index (χ0v) is 50.2. The number of hydrogen-bond donors (Lipinski definition) is 6. The molecule has 0 aromatic heterocycles. The van der Waals surface area contributed by atoms with Gasteiger partial charge in [-0.3, -0.25) is 9.35 Å². The smallest absolute Gasteiger partial charge is 0.394 e. The van der Waals surface area contributed by atoms with Crippen LogP contribution in [0.3, 0.4) is 0 Å². The van der Waals surface area contributed by atoms with Crippen molar-refractivity contribution < 1.29 is 51.8 Å². The van der Waals surface area contributed by atoms with E-state index in [9.17, 15) is 38.2 Å². The van der Waals surface area contributed by atoms with Gasteiger partial charge < -0.3 is 35.2 Å². The molecule has 1 rings (SSSR count). The summed E-state index contributed by atoms with van der Waals surface area (Å²) in [5.74, 6) is -0.223. The summed E-state index contributed by atoms with van der Waals surface area (Å²) in [6.45, 7) is 3.51. The zero-order chi connectivity index (χ0) is 55.4. The van der Waals surface area contributed by atoms with Crippen LogP contribution in [0.2, 0.25) is 0 Å². The van der Waals surface area contributed by atoms with Crippen LogP contribution in [-0.4, -0.2) is 95.4 Å². The van der Waals surface area contributed by atoms with Gasteiger partial charge in [0.05, 0.1) is 25.4 Å². The van der Waals surface area contributed by atoms with Crippen molar-refractivity contribution in [2.24, 2.45) is 0 Å². The van der Waals surface area contributed by atoms with Crippen molar-refractivity contribution >= 4 is 16.3 Å². The van der Waals surface area contributed by atoms with Crippen molar-refractivity contribution in [3.63, 3.8) is 0 Å². The number of nitrogens with one attached hydrogen (secondary N) is 1. The van der Waals surface area contributed by atoms with E-state index in [1.165, 1.54) is 250 Å². The third-order valence-corrected chi connectivity index (χ3v) is 16.3. The molecule has 0 bridgehead atoms. The molecule has 1 saturated heterocycles. The van der Waals surface area contributed by atoms with E-state index in [2.05, 4.69) is 35.5 Å². The molecule has 0 aromatic rings. The normalized spacial score (nSPS) is 19.0. The maximum atomic E-state index is 13.2. The lowest BCUT2D eigenvalue weighted by atomic mass is 9.99. The van der Waals surface area contributed by atoms with Crippen LogP contribution in [-0.2, 0) is 28.9 Å². The fourth-order valence-electron chi connectivity index (χ4n) is 10.8. The topological polar surface area (TPSA) is 192 Å². The minimum Gasteiger partial charge on any atom is -0.394 e. The van der Waals surface area contributed by atoms with Gasteiger partial charge in [-0.1, -0.05) is 296 Å². The number of aliphatic hydroxyl groups excluding tert-OH is 4. The average molecular weight is 1100 g/mol. The van der Waals surface area contributed by atoms with Crippen LogP contribution < -0.4 is 5.32 Å². The van der Waals surface area contributed by atoms with E-state index in [0.29, 0.717) is 12.8 Å². The molecule has 1 amide bonds. The maximum Gasteiger partial charge on any atom is 0.397 e. The van der Waals surface area contributed by atoms with E-state index >= 15 is 0 Å². The second kappa shape index (κ2) is 53.2. The summed E-state index contributed by atoms with van der Waals surface area (Å²) >= 11 is 0. The molecule has 12 nitrogen and oxygen atoms in total. The Kier molecular flexibility index (Phi) is 51.0. The first-order valence-electron chi connectivity index (χ1n) is 32.6. The summed E-state index contributed by atoms with van der Waals surface area (Å²) in [7, 11) is -5.08. The predicted molar refractivity (Wildman–Crippen MR) is 315 cm³/mol. The molecule has 13 heteroatoms. The number of hydrogen-bond acceptors (Lipinski definition) is 10. The molecule has 1 aliphatic heterocycles. The summed E-state index contributed by atoms with van der Waals surface area (Å²) in [5.41, 5.74) is 0. The second-order valence-electron chi connectivity index (χ2n) is 23.1. The number of carbonyl (C=O) groups is 1. The zero-order valence-electron chi connectivity index (χ0n) is 49.4. The fourth-order valence-corrected chi connectivity index (χ4v) is 11.3. The van der Waals surface area contributed by atoms with Crippen molar-refractivity contribution in [3.8, 4) is 0 Å². The summed E-state index contributed by atoms with van der Waals surface area (Å²) in [6, 6.07) is -0.856. The van der Waals surface area contributed by atoms with Crippen LogP contribution in [0.15, 0.2) is 12.2 Å². The highest BCUT2D eigenvalue weighted by molar-refractivity contribution is 7.80. The number of allylic oxidation sites excluding steroid dienone is 2. The van der Waals surface area contributed by atoms with Crippen molar-refractivity contribution in [1.82, 2.24) is 5.32 Å². The van der Waals surface area contributed by atoms with Crippen molar-refractivity contribution in [2.75, 3.05) is 13.2 Å². The predicted octanol–water partition coefficient (Wildman–Crippen LogP) is 16.2. The molecule has 0 radical (unpaired) electrons. The van der Waals surface area contributed by atoms with Gasteiger partial charge in [-0.05, 0) is 38.5 Å². The Morgan fingerprint density at radius 2 is 0.842 bits per heavy atom. The molecule has 1 heterocycles. The minimum atomic E-state index is -5.08. The van der Waals surface area contributed by atoms with E-state index in [-0.39, 0.29) is 12.5 Å². The van der Waals surface area contributed by atoms with Gasteiger partial charge in [-0.2, -0.15) is 8.42 Å². The third kappa shape index (κ3) is 44.6. The first-order chi connectivity index (χ1) is 37.0. The standard InChI is InChI=1S/C63H123NO11S/c1-3-5-7-9-11-13-15-17-19-21-23-24-25-26-27-28-29-30-31-32-33-34-35-37-39-41-43-45-47-49-51-53-59(67)64-56(55-73-63-61(69)62(75-76(70,71)72)60(68)58(54-65)74-63)57(66)52-50-48-46-44-42-40-38-36-22-20-18-16-14-12-10-8-6-4-2/h26-27,56-58,60-63,65-66,68-69H,3-25,28-55H2,1-2H3,(H,64,67)(H,70,71,72)/b27-26-. The lowest BCUT2D eigenvalue weighted by Crippen LogP contribution is -2.61. The number of amides is 1. The van der Waals surface area contributed by atoms with Gasteiger partial charge in [0.25, 0.3) is 0 Å². The highest BCUT2D eigenvalue weighted by Crippen LogP contribution is 2.26. The summed E-state index contributed by atoms with van der Waals surface area (Å²) in [4.78, 5) is 13.2. The quantitative estimate of drug-likeness (QED) is 0.0193. The molecule has 0 saturated carbocycles. The molecule has 452 valence electrons. The average Bonchev–Trinajstić information content (AvgIpc) is 3.40. The highest BCUT2D eigenvalue weighted by atomic mass is 32.3. The van der Waals surface area contributed by atoms with Gasteiger partial charge in [0.1, 0.15) is 24.4 Å².